The first kappa shape index (κ1) is 18.8. The highest BCUT2D eigenvalue weighted by molar-refractivity contribution is 7.92. The number of amides is 2. The molecule has 1 aliphatic carbocycles. The Bertz CT molecular complexity index is 951. The number of nitrogens with zero attached hydrogens (tertiary/aromatic N) is 1. The molecule has 2 aromatic rings. The zero-order chi connectivity index (χ0) is 19.6. The predicted octanol–water partition coefficient (Wildman–Crippen LogP) is 4.06. The number of hydrogen-bond acceptors (Lipinski definition) is 3. The predicted molar refractivity (Wildman–Crippen MR) is 110 cm³/mol. The van der Waals surface area contributed by atoms with Crippen molar-refractivity contribution >= 4 is 27.4 Å². The number of urea groups is 1. The molecule has 0 bridgehead atoms. The van der Waals surface area contributed by atoms with Crippen LogP contribution in [0, 0.1) is 0 Å². The van der Waals surface area contributed by atoms with Crippen LogP contribution < -0.4 is 14.9 Å². The summed E-state index contributed by atoms with van der Waals surface area (Å²) in [6.45, 7) is 1.15. The first-order valence-corrected chi connectivity index (χ1v) is 11.3. The van der Waals surface area contributed by atoms with Gasteiger partial charge in [-0.25, -0.2) is 13.2 Å². The monoisotopic (exact) mass is 399 g/mol. The molecule has 28 heavy (non-hydrogen) atoms. The molecular formula is C21H25N3O3S. The maximum atomic E-state index is 12.8. The van der Waals surface area contributed by atoms with Crippen molar-refractivity contribution in [3.05, 3.63) is 54.1 Å². The number of hydrogen-bond donors (Lipinski definition) is 2. The van der Waals surface area contributed by atoms with Gasteiger partial charge in [0.1, 0.15) is 0 Å². The van der Waals surface area contributed by atoms with Crippen LogP contribution >= 0.6 is 0 Å². The Hall–Kier alpha value is -2.54. The lowest BCUT2D eigenvalue weighted by Gasteiger charge is -2.22. The summed E-state index contributed by atoms with van der Waals surface area (Å²) in [5, 5.41) is 2.74. The van der Waals surface area contributed by atoms with Crippen LogP contribution in [0.25, 0.3) is 0 Å². The maximum Gasteiger partial charge on any atom is 0.321 e. The summed E-state index contributed by atoms with van der Waals surface area (Å²) in [6, 6.07) is 14.0. The van der Waals surface area contributed by atoms with Crippen LogP contribution in [0.15, 0.2) is 53.4 Å². The van der Waals surface area contributed by atoms with Crippen LogP contribution in [0.3, 0.4) is 0 Å². The molecular weight excluding hydrogens is 374 g/mol. The third-order valence-electron chi connectivity index (χ3n) is 5.53. The van der Waals surface area contributed by atoms with E-state index in [0.29, 0.717) is 30.4 Å². The molecule has 2 amide bonds. The lowest BCUT2D eigenvalue weighted by Crippen LogP contribution is -2.27. The summed E-state index contributed by atoms with van der Waals surface area (Å²) >= 11 is 0. The zero-order valence-electron chi connectivity index (χ0n) is 15.7. The fourth-order valence-corrected chi connectivity index (χ4v) is 5.07. The molecule has 2 fully saturated rings. The number of carbonyl (C=O) groups is 1. The Morgan fingerprint density at radius 2 is 1.75 bits per heavy atom. The smallest absolute Gasteiger partial charge is 0.321 e. The normalized spacial score (nSPS) is 18.1. The molecule has 0 spiro atoms. The van der Waals surface area contributed by atoms with Crippen LogP contribution in [-0.4, -0.2) is 27.5 Å². The van der Waals surface area contributed by atoms with Crippen molar-refractivity contribution in [2.45, 2.75) is 42.9 Å². The highest BCUT2D eigenvalue weighted by atomic mass is 32.2. The molecule has 2 N–H and O–H groups in total. The fourth-order valence-electron chi connectivity index (χ4n) is 4.02. The summed E-state index contributed by atoms with van der Waals surface area (Å²) in [7, 11) is -3.68. The SMILES string of the molecule is O=C1NCCN1c1cccc(NS(=O)(=O)c2ccc(C3CCCCC3)cc2)c1. The lowest BCUT2D eigenvalue weighted by atomic mass is 9.84. The molecule has 0 atom stereocenters. The van der Waals surface area contributed by atoms with Crippen LogP contribution in [0.4, 0.5) is 16.2 Å². The quantitative estimate of drug-likeness (QED) is 0.796. The first-order chi connectivity index (χ1) is 13.5. The second kappa shape index (κ2) is 7.83. The summed E-state index contributed by atoms with van der Waals surface area (Å²) in [5.41, 5.74) is 2.33. The van der Waals surface area contributed by atoms with Crippen molar-refractivity contribution in [3.8, 4) is 0 Å². The first-order valence-electron chi connectivity index (χ1n) is 9.81. The van der Waals surface area contributed by atoms with Crippen LogP contribution in [0.5, 0.6) is 0 Å². The Labute approximate surface area is 166 Å². The molecule has 0 radical (unpaired) electrons. The summed E-state index contributed by atoms with van der Waals surface area (Å²) in [6.07, 6.45) is 6.16. The van der Waals surface area contributed by atoms with Gasteiger partial charge in [-0.05, 0) is 54.7 Å². The van der Waals surface area contributed by atoms with E-state index in [4.69, 9.17) is 0 Å². The summed E-state index contributed by atoms with van der Waals surface area (Å²) in [5.74, 6) is 0.543. The van der Waals surface area contributed by atoms with Gasteiger partial charge < -0.3 is 5.32 Å². The molecule has 7 heteroatoms. The number of sulfonamides is 1. The molecule has 2 aromatic carbocycles. The Morgan fingerprint density at radius 3 is 2.43 bits per heavy atom. The van der Waals surface area contributed by atoms with Crippen molar-refractivity contribution in [2.75, 3.05) is 22.7 Å². The van der Waals surface area contributed by atoms with Gasteiger partial charge in [-0.1, -0.05) is 37.5 Å². The topological polar surface area (TPSA) is 78.5 Å². The molecule has 0 unspecified atom stereocenters. The third kappa shape index (κ3) is 3.99. The minimum absolute atomic E-state index is 0.168. The van der Waals surface area contributed by atoms with E-state index in [9.17, 15) is 13.2 Å². The van der Waals surface area contributed by atoms with Gasteiger partial charge in [0.15, 0.2) is 0 Å². The van der Waals surface area contributed by atoms with E-state index in [1.807, 2.05) is 12.1 Å². The van der Waals surface area contributed by atoms with E-state index >= 15 is 0 Å². The molecule has 1 saturated heterocycles. The van der Waals surface area contributed by atoms with E-state index in [1.54, 1.807) is 41.3 Å². The van der Waals surface area contributed by atoms with E-state index in [0.717, 1.165) is 0 Å². The van der Waals surface area contributed by atoms with Gasteiger partial charge in [-0.15, -0.1) is 0 Å². The van der Waals surface area contributed by atoms with Gasteiger partial charge in [0, 0.05) is 18.8 Å². The summed E-state index contributed by atoms with van der Waals surface area (Å²) < 4.78 is 28.2. The maximum absolute atomic E-state index is 12.8. The minimum Gasteiger partial charge on any atom is -0.336 e. The van der Waals surface area contributed by atoms with Crippen LogP contribution in [0.2, 0.25) is 0 Å². The molecule has 1 saturated carbocycles. The van der Waals surface area contributed by atoms with Gasteiger partial charge in [-0.2, -0.15) is 0 Å². The van der Waals surface area contributed by atoms with E-state index < -0.39 is 10.0 Å². The van der Waals surface area contributed by atoms with Crippen LogP contribution in [0.1, 0.15) is 43.6 Å². The van der Waals surface area contributed by atoms with Crippen molar-refractivity contribution in [1.82, 2.24) is 5.32 Å². The molecule has 4 rings (SSSR count). The largest absolute Gasteiger partial charge is 0.336 e. The summed E-state index contributed by atoms with van der Waals surface area (Å²) in [4.78, 5) is 13.7. The molecule has 148 valence electrons. The van der Waals surface area contributed by atoms with E-state index in [1.165, 1.54) is 37.7 Å². The molecule has 1 heterocycles. The molecule has 1 aliphatic heterocycles. The van der Waals surface area contributed by atoms with Gasteiger partial charge in [-0.3, -0.25) is 9.62 Å². The Kier molecular flexibility index (Phi) is 5.26. The third-order valence-corrected chi connectivity index (χ3v) is 6.93. The Balaban J connectivity index is 1.50. The number of anilines is 2. The van der Waals surface area contributed by atoms with Gasteiger partial charge in [0.2, 0.25) is 0 Å². The van der Waals surface area contributed by atoms with Gasteiger partial charge in [0.05, 0.1) is 10.6 Å². The van der Waals surface area contributed by atoms with Crippen molar-refractivity contribution < 1.29 is 13.2 Å². The van der Waals surface area contributed by atoms with Gasteiger partial charge >= 0.3 is 6.03 Å². The van der Waals surface area contributed by atoms with Crippen molar-refractivity contribution in [3.63, 3.8) is 0 Å². The lowest BCUT2D eigenvalue weighted by molar-refractivity contribution is 0.252. The van der Waals surface area contributed by atoms with Gasteiger partial charge in [0.25, 0.3) is 10.0 Å². The zero-order valence-corrected chi connectivity index (χ0v) is 16.5. The minimum atomic E-state index is -3.68. The molecule has 0 aromatic heterocycles. The van der Waals surface area contributed by atoms with Crippen molar-refractivity contribution in [2.24, 2.45) is 0 Å². The standard InChI is InChI=1S/C21H25N3O3S/c25-21-22-13-14-24(21)19-8-4-7-18(15-19)23-28(26,27)20-11-9-17(10-12-20)16-5-2-1-3-6-16/h4,7-12,15-16,23H,1-3,5-6,13-14H2,(H,22,25). The highest BCUT2D eigenvalue weighted by Crippen LogP contribution is 2.33. The second-order valence-corrected chi connectivity index (χ2v) is 9.13. The fraction of sp³-hybridized carbons (Fsp3) is 0.381. The number of rotatable bonds is 5. The second-order valence-electron chi connectivity index (χ2n) is 7.44. The van der Waals surface area contributed by atoms with E-state index in [2.05, 4.69) is 10.0 Å². The number of carbonyl (C=O) groups excluding carboxylic acids is 1. The average molecular weight is 400 g/mol. The number of benzene rings is 2. The molecule has 2 aliphatic rings. The Morgan fingerprint density at radius 1 is 1.00 bits per heavy atom. The molecule has 6 nitrogen and oxygen atoms in total. The van der Waals surface area contributed by atoms with Crippen molar-refractivity contribution in [1.29, 1.82) is 0 Å². The highest BCUT2D eigenvalue weighted by Gasteiger charge is 2.22. The van der Waals surface area contributed by atoms with E-state index in [-0.39, 0.29) is 10.9 Å². The number of nitrogens with one attached hydrogen (secondary N) is 2. The average Bonchev–Trinajstić information content (AvgIpc) is 3.15. The van der Waals surface area contributed by atoms with Crippen LogP contribution in [-0.2, 0) is 10.0 Å².